The fourth-order valence-corrected chi connectivity index (χ4v) is 4.33. The maximum absolute atomic E-state index is 12.5. The fraction of sp³-hybridized carbons (Fsp3) is 0.200. The number of aryl methyl sites for hydroxylation is 2. The Morgan fingerprint density at radius 3 is 2.29 bits per heavy atom. The van der Waals surface area contributed by atoms with Crippen LogP contribution in [0.15, 0.2) is 53.4 Å². The van der Waals surface area contributed by atoms with Crippen molar-refractivity contribution in [2.45, 2.75) is 25.2 Å². The second-order valence-corrected chi connectivity index (χ2v) is 9.35. The Bertz CT molecular complexity index is 1090. The lowest BCUT2D eigenvalue weighted by atomic mass is 10.1. The minimum absolute atomic E-state index is 0.108. The third-order valence-electron chi connectivity index (χ3n) is 4.29. The minimum Gasteiger partial charge on any atom is -0.298 e. The van der Waals surface area contributed by atoms with Gasteiger partial charge in [0.1, 0.15) is 0 Å². The number of benzene rings is 2. The van der Waals surface area contributed by atoms with Crippen LogP contribution in [0.4, 0.5) is 5.13 Å². The zero-order valence-electron chi connectivity index (χ0n) is 15.8. The van der Waals surface area contributed by atoms with Crippen molar-refractivity contribution < 1.29 is 13.2 Å². The molecule has 1 aromatic heterocycles. The fourth-order valence-electron chi connectivity index (χ4n) is 2.61. The quantitative estimate of drug-likeness (QED) is 0.645. The number of carbonyl (C=O) groups is 1. The van der Waals surface area contributed by atoms with Gasteiger partial charge in [-0.05, 0) is 50.7 Å². The van der Waals surface area contributed by atoms with E-state index in [-0.39, 0.29) is 10.8 Å². The number of hydrogen-bond acceptors (Lipinski definition) is 5. The third kappa shape index (κ3) is 4.64. The number of amides is 1. The zero-order valence-corrected chi connectivity index (χ0v) is 17.4. The summed E-state index contributed by atoms with van der Waals surface area (Å²) in [5, 5.41) is 3.31. The molecule has 8 heteroatoms. The summed E-state index contributed by atoms with van der Waals surface area (Å²) in [6.45, 7) is 3.98. The molecule has 0 radical (unpaired) electrons. The van der Waals surface area contributed by atoms with Gasteiger partial charge in [0, 0.05) is 16.9 Å². The maximum atomic E-state index is 12.5. The van der Waals surface area contributed by atoms with Crippen molar-refractivity contribution in [3.63, 3.8) is 0 Å². The molecule has 0 fully saturated rings. The highest BCUT2D eigenvalue weighted by Gasteiger charge is 2.15. The first kappa shape index (κ1) is 20.2. The molecular weight excluding hydrogens is 394 g/mol. The van der Waals surface area contributed by atoms with Crippen LogP contribution in [-0.4, -0.2) is 26.4 Å². The number of thiazole rings is 1. The summed E-state index contributed by atoms with van der Waals surface area (Å²) < 4.78 is 25.8. The van der Waals surface area contributed by atoms with E-state index in [2.05, 4.69) is 46.2 Å². The van der Waals surface area contributed by atoms with Crippen molar-refractivity contribution in [2.75, 3.05) is 12.4 Å². The third-order valence-corrected chi connectivity index (χ3v) is 6.80. The van der Waals surface area contributed by atoms with Crippen molar-refractivity contribution in [3.05, 3.63) is 75.8 Å². The van der Waals surface area contributed by atoms with Gasteiger partial charge in [0.25, 0.3) is 5.91 Å². The standard InChI is InChI=1S/C20H21N3O3S2/c1-13-4-6-15(7-5-13)12-18-14(2)22-20(27-18)23-19(24)16-8-10-17(11-9-16)28(25,26)21-3/h4-11,21H,12H2,1-3H3,(H,22,23,24). The van der Waals surface area contributed by atoms with E-state index in [1.165, 1.54) is 53.8 Å². The first-order valence-electron chi connectivity index (χ1n) is 8.65. The maximum Gasteiger partial charge on any atom is 0.257 e. The predicted molar refractivity (Wildman–Crippen MR) is 111 cm³/mol. The number of aromatic nitrogens is 1. The number of nitrogens with zero attached hydrogens (tertiary/aromatic N) is 1. The van der Waals surface area contributed by atoms with Gasteiger partial charge in [0.2, 0.25) is 10.0 Å². The summed E-state index contributed by atoms with van der Waals surface area (Å²) in [5.41, 5.74) is 3.65. The summed E-state index contributed by atoms with van der Waals surface area (Å²) in [5.74, 6) is -0.330. The Morgan fingerprint density at radius 2 is 1.68 bits per heavy atom. The molecule has 0 spiro atoms. The van der Waals surface area contributed by atoms with E-state index >= 15 is 0 Å². The topological polar surface area (TPSA) is 88.2 Å². The lowest BCUT2D eigenvalue weighted by molar-refractivity contribution is 0.102. The summed E-state index contributed by atoms with van der Waals surface area (Å²) in [7, 11) is -2.18. The van der Waals surface area contributed by atoms with Crippen LogP contribution in [0.25, 0.3) is 0 Å². The highest BCUT2D eigenvalue weighted by atomic mass is 32.2. The molecule has 0 aliphatic rings. The Kier molecular flexibility index (Phi) is 5.93. The minimum atomic E-state index is -3.53. The zero-order chi connectivity index (χ0) is 20.3. The van der Waals surface area contributed by atoms with E-state index in [1.54, 1.807) is 0 Å². The number of rotatable bonds is 6. The van der Waals surface area contributed by atoms with Crippen molar-refractivity contribution in [1.82, 2.24) is 9.71 Å². The van der Waals surface area contributed by atoms with Gasteiger partial charge in [0.15, 0.2) is 5.13 Å². The predicted octanol–water partition coefficient (Wildman–Crippen LogP) is 3.51. The molecule has 2 N–H and O–H groups in total. The average Bonchev–Trinajstić information content (AvgIpc) is 3.02. The molecule has 28 heavy (non-hydrogen) atoms. The molecule has 0 aliphatic carbocycles. The Morgan fingerprint density at radius 1 is 1.04 bits per heavy atom. The number of carbonyl (C=O) groups excluding carboxylic acids is 1. The van der Waals surface area contributed by atoms with Crippen LogP contribution in [0, 0.1) is 13.8 Å². The molecule has 0 aliphatic heterocycles. The van der Waals surface area contributed by atoms with Gasteiger partial charge in [-0.25, -0.2) is 18.1 Å². The van der Waals surface area contributed by atoms with Gasteiger partial charge in [-0.2, -0.15) is 0 Å². The van der Waals surface area contributed by atoms with Crippen LogP contribution in [0.2, 0.25) is 0 Å². The van der Waals surface area contributed by atoms with Gasteiger partial charge >= 0.3 is 0 Å². The SMILES string of the molecule is CNS(=O)(=O)c1ccc(C(=O)Nc2nc(C)c(Cc3ccc(C)cc3)s2)cc1. The lowest BCUT2D eigenvalue weighted by Gasteiger charge is -2.04. The van der Waals surface area contributed by atoms with Crippen LogP contribution in [0.1, 0.15) is 32.1 Å². The molecule has 0 atom stereocenters. The Hall–Kier alpha value is -2.55. The Balaban J connectivity index is 1.71. The summed E-state index contributed by atoms with van der Waals surface area (Å²) >= 11 is 1.44. The largest absolute Gasteiger partial charge is 0.298 e. The van der Waals surface area contributed by atoms with Crippen LogP contribution in [-0.2, 0) is 16.4 Å². The smallest absolute Gasteiger partial charge is 0.257 e. The number of nitrogens with one attached hydrogen (secondary N) is 2. The normalized spacial score (nSPS) is 11.4. The second-order valence-electron chi connectivity index (χ2n) is 6.38. The van der Waals surface area contributed by atoms with E-state index in [9.17, 15) is 13.2 Å². The monoisotopic (exact) mass is 415 g/mol. The molecule has 3 rings (SSSR count). The van der Waals surface area contributed by atoms with E-state index < -0.39 is 10.0 Å². The highest BCUT2D eigenvalue weighted by Crippen LogP contribution is 2.26. The summed E-state index contributed by atoms with van der Waals surface area (Å²) in [6, 6.07) is 14.1. The molecule has 0 saturated carbocycles. The second kappa shape index (κ2) is 8.22. The van der Waals surface area contributed by atoms with Crippen LogP contribution >= 0.6 is 11.3 Å². The lowest BCUT2D eigenvalue weighted by Crippen LogP contribution is -2.19. The van der Waals surface area contributed by atoms with Crippen LogP contribution < -0.4 is 10.0 Å². The summed E-state index contributed by atoms with van der Waals surface area (Å²) in [6.07, 6.45) is 0.760. The van der Waals surface area contributed by atoms with Gasteiger partial charge in [0.05, 0.1) is 10.6 Å². The van der Waals surface area contributed by atoms with Crippen molar-refractivity contribution in [2.24, 2.45) is 0 Å². The van der Waals surface area contributed by atoms with Gasteiger partial charge in [-0.3, -0.25) is 10.1 Å². The molecule has 1 heterocycles. The number of hydrogen-bond donors (Lipinski definition) is 2. The number of sulfonamides is 1. The van der Waals surface area contributed by atoms with Gasteiger partial charge in [-0.15, -0.1) is 11.3 Å². The highest BCUT2D eigenvalue weighted by molar-refractivity contribution is 7.89. The van der Waals surface area contributed by atoms with E-state index in [0.717, 1.165) is 17.0 Å². The molecule has 2 aromatic carbocycles. The number of anilines is 1. The average molecular weight is 416 g/mol. The van der Waals surface area contributed by atoms with Gasteiger partial charge in [-0.1, -0.05) is 29.8 Å². The summed E-state index contributed by atoms with van der Waals surface area (Å²) in [4.78, 5) is 18.1. The van der Waals surface area contributed by atoms with Crippen LogP contribution in [0.5, 0.6) is 0 Å². The van der Waals surface area contributed by atoms with E-state index in [1.807, 2.05) is 6.92 Å². The Labute approximate surface area is 168 Å². The molecule has 1 amide bonds. The van der Waals surface area contributed by atoms with Gasteiger partial charge < -0.3 is 0 Å². The first-order chi connectivity index (χ1) is 13.3. The molecular formula is C20H21N3O3S2. The molecule has 3 aromatic rings. The molecule has 146 valence electrons. The van der Waals surface area contributed by atoms with E-state index in [4.69, 9.17) is 0 Å². The van der Waals surface area contributed by atoms with Crippen molar-refractivity contribution in [3.8, 4) is 0 Å². The van der Waals surface area contributed by atoms with E-state index in [0.29, 0.717) is 10.7 Å². The molecule has 0 bridgehead atoms. The van der Waals surface area contributed by atoms with Crippen LogP contribution in [0.3, 0.4) is 0 Å². The first-order valence-corrected chi connectivity index (χ1v) is 11.0. The molecule has 6 nitrogen and oxygen atoms in total. The molecule has 0 saturated heterocycles. The molecule has 0 unspecified atom stereocenters. The van der Waals surface area contributed by atoms with Crippen molar-refractivity contribution in [1.29, 1.82) is 0 Å². The van der Waals surface area contributed by atoms with Crippen molar-refractivity contribution >= 4 is 32.4 Å².